The number of thioether (sulfide) groups is 1. The smallest absolute Gasteiger partial charge is 0.239 e. The number of aryl methyl sites for hydroxylation is 2. The Bertz CT molecular complexity index is 875. The Balaban J connectivity index is 1.69. The molecular weight excluding hydrogens is 356 g/mol. The fourth-order valence-corrected chi connectivity index (χ4v) is 3.82. The molecule has 7 nitrogen and oxygen atoms in total. The van der Waals surface area contributed by atoms with Gasteiger partial charge in [0.2, 0.25) is 11.0 Å². The van der Waals surface area contributed by atoms with Crippen LogP contribution in [0.5, 0.6) is 0 Å². The second-order valence-electron chi connectivity index (χ2n) is 5.51. The van der Waals surface area contributed by atoms with Gasteiger partial charge in [0, 0.05) is 12.6 Å². The predicted molar refractivity (Wildman–Crippen MR) is 99.7 cm³/mol. The zero-order valence-electron chi connectivity index (χ0n) is 14.1. The van der Waals surface area contributed by atoms with Crippen molar-refractivity contribution in [3.05, 3.63) is 36.2 Å². The fraction of sp³-hybridized carbons (Fsp3) is 0.312. The van der Waals surface area contributed by atoms with Gasteiger partial charge in [-0.3, -0.25) is 10.1 Å². The summed E-state index contributed by atoms with van der Waals surface area (Å²) in [7, 11) is 1.85. The summed E-state index contributed by atoms with van der Waals surface area (Å²) < 4.78 is 1.79. The highest BCUT2D eigenvalue weighted by molar-refractivity contribution is 8.00. The summed E-state index contributed by atoms with van der Waals surface area (Å²) in [5.74, 6) is -0.109. The third-order valence-corrected chi connectivity index (χ3v) is 5.80. The van der Waals surface area contributed by atoms with E-state index in [0.29, 0.717) is 16.7 Å². The quantitative estimate of drug-likeness (QED) is 0.667. The number of hydrogen-bond acceptors (Lipinski definition) is 7. The van der Waals surface area contributed by atoms with Crippen molar-refractivity contribution in [1.29, 1.82) is 0 Å². The van der Waals surface area contributed by atoms with Crippen LogP contribution in [0.2, 0.25) is 0 Å². The van der Waals surface area contributed by atoms with E-state index in [2.05, 4.69) is 25.7 Å². The van der Waals surface area contributed by atoms with Crippen molar-refractivity contribution >= 4 is 34.1 Å². The number of carbonyl (C=O) groups excluding carboxylic acids is 1. The molecule has 2 heterocycles. The Hall–Kier alpha value is -2.26. The maximum Gasteiger partial charge on any atom is 0.239 e. The lowest BCUT2D eigenvalue weighted by molar-refractivity contribution is -0.115. The molecule has 0 fully saturated rings. The van der Waals surface area contributed by atoms with Crippen LogP contribution < -0.4 is 5.32 Å². The molecule has 0 saturated heterocycles. The van der Waals surface area contributed by atoms with E-state index in [1.54, 1.807) is 10.9 Å². The van der Waals surface area contributed by atoms with Crippen molar-refractivity contribution in [3.63, 3.8) is 0 Å². The molecule has 3 rings (SSSR count). The van der Waals surface area contributed by atoms with E-state index in [-0.39, 0.29) is 11.2 Å². The highest BCUT2D eigenvalue weighted by atomic mass is 32.2. The van der Waals surface area contributed by atoms with Crippen molar-refractivity contribution in [2.75, 3.05) is 5.32 Å². The molecule has 0 aliphatic carbocycles. The summed E-state index contributed by atoms with van der Waals surface area (Å²) in [6, 6.07) is 8.04. The molecule has 1 amide bonds. The van der Waals surface area contributed by atoms with Gasteiger partial charge in [-0.2, -0.15) is 0 Å². The summed E-state index contributed by atoms with van der Waals surface area (Å²) in [5.41, 5.74) is 2.16. The Morgan fingerprint density at radius 1 is 1.36 bits per heavy atom. The Morgan fingerprint density at radius 2 is 2.20 bits per heavy atom. The monoisotopic (exact) mass is 374 g/mol. The number of hydrogen-bond donors (Lipinski definition) is 1. The third-order valence-electron chi connectivity index (χ3n) is 3.50. The first-order valence-electron chi connectivity index (χ1n) is 7.79. The molecule has 9 heteroatoms. The SMILES string of the molecule is CC[C@@H](Sc1nncn1C)C(=O)Nc1nnc(-c2cccc(C)c2)s1. The van der Waals surface area contributed by atoms with E-state index in [1.165, 1.54) is 23.1 Å². The number of amides is 1. The molecule has 1 N–H and O–H groups in total. The Labute approximate surface area is 153 Å². The Kier molecular flexibility index (Phi) is 5.44. The fourth-order valence-electron chi connectivity index (χ4n) is 2.18. The number of aromatic nitrogens is 5. The molecule has 0 aliphatic rings. The molecule has 3 aromatic rings. The normalized spacial score (nSPS) is 12.1. The van der Waals surface area contributed by atoms with Gasteiger partial charge in [0.25, 0.3) is 0 Å². The number of anilines is 1. The third kappa shape index (κ3) is 4.23. The van der Waals surface area contributed by atoms with Crippen molar-refractivity contribution in [2.24, 2.45) is 7.05 Å². The van der Waals surface area contributed by atoms with Crippen LogP contribution in [0.15, 0.2) is 35.7 Å². The first kappa shape index (κ1) is 17.6. The summed E-state index contributed by atoms with van der Waals surface area (Å²) in [4.78, 5) is 12.5. The van der Waals surface area contributed by atoms with E-state index < -0.39 is 0 Å². The highest BCUT2D eigenvalue weighted by Crippen LogP contribution is 2.28. The van der Waals surface area contributed by atoms with Crippen LogP contribution in [0.3, 0.4) is 0 Å². The molecule has 130 valence electrons. The van der Waals surface area contributed by atoms with Crippen molar-refractivity contribution in [2.45, 2.75) is 30.7 Å². The van der Waals surface area contributed by atoms with E-state index in [1.807, 2.05) is 45.2 Å². The number of rotatable bonds is 6. The minimum Gasteiger partial charge on any atom is -0.312 e. The standard InChI is InChI=1S/C16H18N6OS2/c1-4-12(24-16-21-17-9-22(16)3)13(23)18-15-20-19-14(25-15)11-7-5-6-10(2)8-11/h5-9,12H,4H2,1-3H3,(H,18,20,23)/t12-/m1/s1. The van der Waals surface area contributed by atoms with Crippen molar-refractivity contribution in [3.8, 4) is 10.6 Å². The molecule has 0 aliphatic heterocycles. The van der Waals surface area contributed by atoms with Gasteiger partial charge in [-0.25, -0.2) is 0 Å². The molecule has 1 atom stereocenters. The van der Waals surface area contributed by atoms with Gasteiger partial charge in [0.1, 0.15) is 11.3 Å². The summed E-state index contributed by atoms with van der Waals surface area (Å²) in [6.07, 6.45) is 2.29. The van der Waals surface area contributed by atoms with E-state index >= 15 is 0 Å². The van der Waals surface area contributed by atoms with Crippen molar-refractivity contribution in [1.82, 2.24) is 25.0 Å². The lowest BCUT2D eigenvalue weighted by Crippen LogP contribution is -2.24. The van der Waals surface area contributed by atoms with Crippen LogP contribution in [-0.4, -0.2) is 36.1 Å². The second-order valence-corrected chi connectivity index (χ2v) is 7.66. The minimum atomic E-state index is -0.269. The number of nitrogens with one attached hydrogen (secondary N) is 1. The molecule has 25 heavy (non-hydrogen) atoms. The van der Waals surface area contributed by atoms with Gasteiger partial charge in [-0.1, -0.05) is 53.8 Å². The van der Waals surface area contributed by atoms with Crippen LogP contribution in [-0.2, 0) is 11.8 Å². The maximum atomic E-state index is 12.5. The highest BCUT2D eigenvalue weighted by Gasteiger charge is 2.21. The molecule has 0 radical (unpaired) electrons. The van der Waals surface area contributed by atoms with E-state index in [9.17, 15) is 4.79 Å². The molecule has 0 unspecified atom stereocenters. The van der Waals surface area contributed by atoms with E-state index in [0.717, 1.165) is 16.1 Å². The van der Waals surface area contributed by atoms with Gasteiger partial charge in [0.05, 0.1) is 5.25 Å². The topological polar surface area (TPSA) is 85.6 Å². The van der Waals surface area contributed by atoms with Crippen LogP contribution in [0, 0.1) is 6.92 Å². The summed E-state index contributed by atoms with van der Waals surface area (Å²) in [5, 5.41) is 20.7. The minimum absolute atomic E-state index is 0.109. The molecule has 0 spiro atoms. The maximum absolute atomic E-state index is 12.5. The van der Waals surface area contributed by atoms with Crippen molar-refractivity contribution < 1.29 is 4.79 Å². The zero-order chi connectivity index (χ0) is 17.8. The average Bonchev–Trinajstić information content (AvgIpc) is 3.21. The van der Waals surface area contributed by atoms with E-state index in [4.69, 9.17) is 0 Å². The average molecular weight is 374 g/mol. The van der Waals surface area contributed by atoms with Crippen LogP contribution in [0.4, 0.5) is 5.13 Å². The summed E-state index contributed by atoms with van der Waals surface area (Å²) >= 11 is 2.75. The van der Waals surface area contributed by atoms with Gasteiger partial charge in [-0.05, 0) is 19.4 Å². The number of carbonyl (C=O) groups is 1. The zero-order valence-corrected chi connectivity index (χ0v) is 15.8. The van der Waals surface area contributed by atoms with Gasteiger partial charge in [0.15, 0.2) is 5.16 Å². The Morgan fingerprint density at radius 3 is 2.88 bits per heavy atom. The molecule has 0 bridgehead atoms. The van der Waals surface area contributed by atoms with Gasteiger partial charge < -0.3 is 4.57 Å². The molecular formula is C16H18N6OS2. The lowest BCUT2D eigenvalue weighted by Gasteiger charge is -2.12. The van der Waals surface area contributed by atoms with Gasteiger partial charge >= 0.3 is 0 Å². The van der Waals surface area contributed by atoms with Crippen LogP contribution >= 0.6 is 23.1 Å². The number of nitrogens with zero attached hydrogens (tertiary/aromatic N) is 5. The van der Waals surface area contributed by atoms with Crippen LogP contribution in [0.1, 0.15) is 18.9 Å². The molecule has 1 aromatic carbocycles. The molecule has 0 saturated carbocycles. The van der Waals surface area contributed by atoms with Crippen LogP contribution in [0.25, 0.3) is 10.6 Å². The summed E-state index contributed by atoms with van der Waals surface area (Å²) in [6.45, 7) is 3.99. The molecule has 2 aromatic heterocycles. The first-order valence-corrected chi connectivity index (χ1v) is 9.48. The first-order chi connectivity index (χ1) is 12.1. The van der Waals surface area contributed by atoms with Gasteiger partial charge in [-0.15, -0.1) is 20.4 Å². The second kappa shape index (κ2) is 7.75. The lowest BCUT2D eigenvalue weighted by atomic mass is 10.1. The largest absolute Gasteiger partial charge is 0.312 e. The number of benzene rings is 1. The predicted octanol–water partition coefficient (Wildman–Crippen LogP) is 3.15.